The number of carbonyl (C=O) groups is 1. The van der Waals surface area contributed by atoms with Gasteiger partial charge in [-0.1, -0.05) is 25.5 Å². The third-order valence-electron chi connectivity index (χ3n) is 5.27. The van der Waals surface area contributed by atoms with E-state index in [-0.39, 0.29) is 23.6 Å². The van der Waals surface area contributed by atoms with Crippen LogP contribution in [0.15, 0.2) is 84.6 Å². The van der Waals surface area contributed by atoms with Gasteiger partial charge in [-0.05, 0) is 78.7 Å². The lowest BCUT2D eigenvalue weighted by molar-refractivity contribution is -0.114. The number of anilines is 2. The zero-order valence-corrected chi connectivity index (χ0v) is 17.7. The summed E-state index contributed by atoms with van der Waals surface area (Å²) in [5.41, 5.74) is 2.44. The number of halogens is 2. The van der Waals surface area contributed by atoms with Crippen LogP contribution in [0.25, 0.3) is 0 Å². The van der Waals surface area contributed by atoms with E-state index in [0.29, 0.717) is 23.7 Å². The van der Waals surface area contributed by atoms with Crippen LogP contribution in [0.5, 0.6) is 5.75 Å². The molecule has 164 valence electrons. The number of hydrogen-bond donors (Lipinski definition) is 1. The van der Waals surface area contributed by atoms with Crippen LogP contribution in [0.3, 0.4) is 0 Å². The first-order valence-corrected chi connectivity index (χ1v) is 10.6. The highest BCUT2D eigenvalue weighted by molar-refractivity contribution is 6.11. The van der Waals surface area contributed by atoms with Gasteiger partial charge < -0.3 is 10.1 Å². The molecule has 1 N–H and O–H groups in total. The average Bonchev–Trinajstić information content (AvgIpc) is 3.12. The molecule has 3 aromatic carbocycles. The topological polar surface area (TPSA) is 41.6 Å². The molecule has 32 heavy (non-hydrogen) atoms. The summed E-state index contributed by atoms with van der Waals surface area (Å²) in [6.45, 7) is 2.77. The van der Waals surface area contributed by atoms with E-state index in [1.807, 2.05) is 30.3 Å². The molecule has 3 aromatic rings. The third-order valence-corrected chi connectivity index (χ3v) is 5.27. The number of unbranched alkanes of at least 4 members (excludes halogenated alkanes) is 1. The fourth-order valence-electron chi connectivity index (χ4n) is 3.56. The summed E-state index contributed by atoms with van der Waals surface area (Å²) in [6, 6.07) is 18.8. The number of hydrogen-bond acceptors (Lipinski definition) is 3. The minimum Gasteiger partial charge on any atom is -0.494 e. The number of amides is 1. The quantitative estimate of drug-likeness (QED) is 0.428. The zero-order valence-electron chi connectivity index (χ0n) is 17.7. The number of rotatable bonds is 8. The molecule has 1 heterocycles. The van der Waals surface area contributed by atoms with E-state index in [2.05, 4.69) is 12.2 Å². The van der Waals surface area contributed by atoms with Crippen LogP contribution in [-0.4, -0.2) is 12.5 Å². The standard InChI is InChI=1S/C26H24F2N2O2/c1-2-3-16-32-23-14-4-18(5-15-23)25-17-24(29-21-10-6-19(27)7-11-21)26(31)30(25)22-12-8-20(28)9-13-22/h4-15,17,25,29H,2-3,16H2,1H3/t25-/m0/s1. The summed E-state index contributed by atoms with van der Waals surface area (Å²) in [7, 11) is 0. The Morgan fingerprint density at radius 3 is 2.16 bits per heavy atom. The zero-order chi connectivity index (χ0) is 22.5. The molecule has 0 saturated heterocycles. The van der Waals surface area contributed by atoms with Crippen molar-refractivity contribution in [1.82, 2.24) is 0 Å². The lowest BCUT2D eigenvalue weighted by Crippen LogP contribution is -2.30. The Hall–Kier alpha value is -3.67. The Morgan fingerprint density at radius 2 is 1.53 bits per heavy atom. The highest BCUT2D eigenvalue weighted by Crippen LogP contribution is 2.36. The summed E-state index contributed by atoms with van der Waals surface area (Å²) in [6.07, 6.45) is 3.86. The molecule has 4 rings (SSSR count). The van der Waals surface area contributed by atoms with Crippen molar-refractivity contribution in [3.8, 4) is 5.75 Å². The second-order valence-corrected chi connectivity index (χ2v) is 7.58. The van der Waals surface area contributed by atoms with Crippen molar-refractivity contribution in [3.05, 3.63) is 102 Å². The molecule has 1 amide bonds. The fourth-order valence-corrected chi connectivity index (χ4v) is 3.56. The van der Waals surface area contributed by atoms with Gasteiger partial charge in [0.05, 0.1) is 12.6 Å². The van der Waals surface area contributed by atoms with E-state index in [1.165, 1.54) is 24.3 Å². The molecule has 0 fully saturated rings. The minimum absolute atomic E-state index is 0.255. The van der Waals surface area contributed by atoms with Gasteiger partial charge in [-0.15, -0.1) is 0 Å². The average molecular weight is 434 g/mol. The van der Waals surface area contributed by atoms with Crippen molar-refractivity contribution in [2.24, 2.45) is 0 Å². The highest BCUT2D eigenvalue weighted by atomic mass is 19.1. The first-order valence-electron chi connectivity index (χ1n) is 10.6. The van der Waals surface area contributed by atoms with Gasteiger partial charge in [-0.2, -0.15) is 0 Å². The summed E-state index contributed by atoms with van der Waals surface area (Å²) < 4.78 is 32.5. The maximum Gasteiger partial charge on any atom is 0.275 e. The lowest BCUT2D eigenvalue weighted by atomic mass is 10.1. The smallest absolute Gasteiger partial charge is 0.275 e. The molecule has 1 atom stereocenters. The van der Waals surface area contributed by atoms with Gasteiger partial charge in [0, 0.05) is 11.4 Å². The monoisotopic (exact) mass is 434 g/mol. The third kappa shape index (κ3) is 4.80. The van der Waals surface area contributed by atoms with Crippen LogP contribution in [0.4, 0.5) is 20.2 Å². The highest BCUT2D eigenvalue weighted by Gasteiger charge is 2.34. The molecule has 0 aliphatic carbocycles. The second kappa shape index (κ2) is 9.64. The normalized spacial score (nSPS) is 15.6. The SMILES string of the molecule is CCCCOc1ccc([C@@H]2C=C(Nc3ccc(F)cc3)C(=O)N2c2ccc(F)cc2)cc1. The molecule has 4 nitrogen and oxygen atoms in total. The van der Waals surface area contributed by atoms with Crippen LogP contribution in [0.2, 0.25) is 0 Å². The summed E-state index contributed by atoms with van der Waals surface area (Å²) in [4.78, 5) is 14.9. The van der Waals surface area contributed by atoms with Crippen LogP contribution >= 0.6 is 0 Å². The number of ether oxygens (including phenoxy) is 1. The van der Waals surface area contributed by atoms with Crippen molar-refractivity contribution >= 4 is 17.3 Å². The van der Waals surface area contributed by atoms with Crippen molar-refractivity contribution in [2.45, 2.75) is 25.8 Å². The Balaban J connectivity index is 1.63. The van der Waals surface area contributed by atoms with Crippen LogP contribution in [-0.2, 0) is 4.79 Å². The van der Waals surface area contributed by atoms with Crippen molar-refractivity contribution in [2.75, 3.05) is 16.8 Å². The Labute approximate surface area is 186 Å². The molecule has 1 aliphatic heterocycles. The van der Waals surface area contributed by atoms with E-state index < -0.39 is 0 Å². The van der Waals surface area contributed by atoms with E-state index >= 15 is 0 Å². The number of nitrogens with one attached hydrogen (secondary N) is 1. The predicted octanol–water partition coefficient (Wildman–Crippen LogP) is 6.23. The van der Waals surface area contributed by atoms with Gasteiger partial charge in [0.15, 0.2) is 0 Å². The Kier molecular flexibility index (Phi) is 6.50. The van der Waals surface area contributed by atoms with Gasteiger partial charge >= 0.3 is 0 Å². The molecule has 0 unspecified atom stereocenters. The minimum atomic E-state index is -0.388. The molecular weight excluding hydrogens is 410 g/mol. The predicted molar refractivity (Wildman–Crippen MR) is 122 cm³/mol. The Morgan fingerprint density at radius 1 is 0.906 bits per heavy atom. The molecular formula is C26H24F2N2O2. The molecule has 0 radical (unpaired) electrons. The van der Waals surface area contributed by atoms with E-state index in [1.54, 1.807) is 29.2 Å². The lowest BCUT2D eigenvalue weighted by Gasteiger charge is -2.25. The second-order valence-electron chi connectivity index (χ2n) is 7.58. The first kappa shape index (κ1) is 21.6. The van der Waals surface area contributed by atoms with Crippen molar-refractivity contribution in [1.29, 1.82) is 0 Å². The van der Waals surface area contributed by atoms with E-state index in [4.69, 9.17) is 4.74 Å². The molecule has 0 aromatic heterocycles. The van der Waals surface area contributed by atoms with Gasteiger partial charge in [-0.25, -0.2) is 8.78 Å². The summed E-state index contributed by atoms with van der Waals surface area (Å²) in [5.74, 6) is -0.208. The molecule has 1 aliphatic rings. The Bertz CT molecular complexity index is 1090. The summed E-state index contributed by atoms with van der Waals surface area (Å²) >= 11 is 0. The number of benzene rings is 3. The van der Waals surface area contributed by atoms with Crippen LogP contribution < -0.4 is 15.0 Å². The van der Waals surface area contributed by atoms with Crippen molar-refractivity contribution < 1.29 is 18.3 Å². The number of carbonyl (C=O) groups excluding carboxylic acids is 1. The summed E-state index contributed by atoms with van der Waals surface area (Å²) in [5, 5.41) is 3.08. The molecule has 0 bridgehead atoms. The van der Waals surface area contributed by atoms with Crippen LogP contribution in [0.1, 0.15) is 31.4 Å². The fraction of sp³-hybridized carbons (Fsp3) is 0.192. The first-order chi connectivity index (χ1) is 15.5. The van der Waals surface area contributed by atoms with E-state index in [0.717, 1.165) is 24.2 Å². The van der Waals surface area contributed by atoms with Gasteiger partial charge in [0.25, 0.3) is 5.91 Å². The van der Waals surface area contributed by atoms with Gasteiger partial charge in [0.1, 0.15) is 23.1 Å². The maximum atomic E-state index is 13.5. The molecule has 0 spiro atoms. The molecule has 0 saturated carbocycles. The van der Waals surface area contributed by atoms with Gasteiger partial charge in [0.2, 0.25) is 0 Å². The molecule has 6 heteroatoms. The van der Waals surface area contributed by atoms with Crippen LogP contribution in [0, 0.1) is 11.6 Å². The number of nitrogens with zero attached hydrogens (tertiary/aromatic N) is 1. The van der Waals surface area contributed by atoms with Gasteiger partial charge in [-0.3, -0.25) is 9.69 Å². The maximum absolute atomic E-state index is 13.5. The van der Waals surface area contributed by atoms with Crippen molar-refractivity contribution in [3.63, 3.8) is 0 Å². The largest absolute Gasteiger partial charge is 0.494 e. The van der Waals surface area contributed by atoms with E-state index in [9.17, 15) is 13.6 Å².